The van der Waals surface area contributed by atoms with Crippen LogP contribution < -0.4 is 10.6 Å². The van der Waals surface area contributed by atoms with Crippen LogP contribution >= 0.6 is 23.2 Å². The highest BCUT2D eigenvalue weighted by Crippen LogP contribution is 2.44. The maximum Gasteiger partial charge on any atom is 0.439 e. The summed E-state index contributed by atoms with van der Waals surface area (Å²) in [5.41, 5.74) is -5.28. The second-order valence-corrected chi connectivity index (χ2v) is 5.22. The summed E-state index contributed by atoms with van der Waals surface area (Å²) in [6.07, 6.45) is -12.3. The standard InChI is InChI=1S/C12H10Cl2F6N2O/c1-2-9(23)22-10(11(15,16)17,12(18,19)20)21-6-3-4-7(13)8(14)5-6/h3-5,21H,2H2,1H3,(H,22,23). The van der Waals surface area contributed by atoms with Crippen molar-refractivity contribution in [2.75, 3.05) is 5.32 Å². The van der Waals surface area contributed by atoms with Gasteiger partial charge in [0.2, 0.25) is 5.91 Å². The van der Waals surface area contributed by atoms with Crippen molar-refractivity contribution >= 4 is 34.8 Å². The Labute approximate surface area is 136 Å². The third kappa shape index (κ3) is 4.14. The van der Waals surface area contributed by atoms with Crippen LogP contribution in [-0.4, -0.2) is 23.9 Å². The van der Waals surface area contributed by atoms with Gasteiger partial charge in [0.05, 0.1) is 10.0 Å². The largest absolute Gasteiger partial charge is 0.439 e. The number of alkyl halides is 6. The molecule has 0 radical (unpaired) electrons. The number of anilines is 1. The lowest BCUT2D eigenvalue weighted by Crippen LogP contribution is -2.72. The Bertz CT molecular complexity index is 574. The first-order valence-electron chi connectivity index (χ1n) is 6.01. The van der Waals surface area contributed by atoms with E-state index in [2.05, 4.69) is 0 Å². The van der Waals surface area contributed by atoms with E-state index in [-0.39, 0.29) is 10.0 Å². The second kappa shape index (κ2) is 6.64. The smallest absolute Gasteiger partial charge is 0.348 e. The van der Waals surface area contributed by atoms with Crippen molar-refractivity contribution in [1.29, 1.82) is 0 Å². The van der Waals surface area contributed by atoms with E-state index in [0.717, 1.165) is 30.4 Å². The fourth-order valence-corrected chi connectivity index (χ4v) is 1.86. The maximum absolute atomic E-state index is 13.2. The SMILES string of the molecule is CCC(=O)NC(Nc1ccc(Cl)c(Cl)c1)(C(F)(F)F)C(F)(F)F. The molecular formula is C12H10Cl2F6N2O. The number of benzene rings is 1. The minimum atomic E-state index is -5.87. The molecule has 0 aliphatic rings. The molecule has 0 saturated carbocycles. The van der Waals surface area contributed by atoms with Crippen molar-refractivity contribution in [1.82, 2.24) is 5.32 Å². The van der Waals surface area contributed by atoms with Gasteiger partial charge in [-0.15, -0.1) is 0 Å². The van der Waals surface area contributed by atoms with Gasteiger partial charge in [0.25, 0.3) is 0 Å². The number of carbonyl (C=O) groups excluding carboxylic acids is 1. The van der Waals surface area contributed by atoms with Crippen molar-refractivity contribution in [3.05, 3.63) is 28.2 Å². The van der Waals surface area contributed by atoms with Crippen LogP contribution in [0.2, 0.25) is 10.0 Å². The number of amides is 1. The van der Waals surface area contributed by atoms with Crippen LogP contribution in [0.5, 0.6) is 0 Å². The van der Waals surface area contributed by atoms with Crippen molar-refractivity contribution in [2.24, 2.45) is 0 Å². The van der Waals surface area contributed by atoms with E-state index in [1.54, 1.807) is 0 Å². The molecule has 130 valence electrons. The third-order valence-corrected chi connectivity index (χ3v) is 3.49. The number of carbonyl (C=O) groups is 1. The molecule has 11 heteroatoms. The number of hydrogen-bond donors (Lipinski definition) is 2. The van der Waals surface area contributed by atoms with E-state index >= 15 is 0 Å². The van der Waals surface area contributed by atoms with Crippen LogP contribution in [0, 0.1) is 0 Å². The van der Waals surface area contributed by atoms with Gasteiger partial charge < -0.3 is 10.6 Å². The summed E-state index contributed by atoms with van der Waals surface area (Å²) in [5, 5.41) is 1.94. The van der Waals surface area contributed by atoms with Crippen LogP contribution in [0.15, 0.2) is 18.2 Å². The Morgan fingerprint density at radius 1 is 1.04 bits per heavy atom. The van der Waals surface area contributed by atoms with Gasteiger partial charge in [-0.25, -0.2) is 0 Å². The van der Waals surface area contributed by atoms with Crippen molar-refractivity contribution < 1.29 is 31.1 Å². The molecule has 0 atom stereocenters. The van der Waals surface area contributed by atoms with Crippen molar-refractivity contribution in [2.45, 2.75) is 31.4 Å². The van der Waals surface area contributed by atoms with Crippen molar-refractivity contribution in [3.8, 4) is 0 Å². The van der Waals surface area contributed by atoms with Gasteiger partial charge in [0.15, 0.2) is 0 Å². The van der Waals surface area contributed by atoms with Crippen LogP contribution in [0.3, 0.4) is 0 Å². The number of hydrogen-bond acceptors (Lipinski definition) is 2. The molecule has 0 aliphatic carbocycles. The zero-order chi connectivity index (χ0) is 18.1. The van der Waals surface area contributed by atoms with Gasteiger partial charge in [-0.1, -0.05) is 30.1 Å². The average Bonchev–Trinajstić information content (AvgIpc) is 2.39. The quantitative estimate of drug-likeness (QED) is 0.582. The zero-order valence-corrected chi connectivity index (χ0v) is 12.9. The Morgan fingerprint density at radius 3 is 1.96 bits per heavy atom. The molecule has 2 N–H and O–H groups in total. The van der Waals surface area contributed by atoms with Crippen LogP contribution in [0.25, 0.3) is 0 Å². The number of nitrogens with one attached hydrogen (secondary N) is 2. The van der Waals surface area contributed by atoms with E-state index in [4.69, 9.17) is 23.2 Å². The van der Waals surface area contributed by atoms with E-state index in [9.17, 15) is 31.1 Å². The van der Waals surface area contributed by atoms with Crippen LogP contribution in [0.1, 0.15) is 13.3 Å². The monoisotopic (exact) mass is 382 g/mol. The van der Waals surface area contributed by atoms with Gasteiger partial charge >= 0.3 is 18.0 Å². The summed E-state index contributed by atoms with van der Waals surface area (Å²) in [6, 6.07) is 2.68. The van der Waals surface area contributed by atoms with Crippen LogP contribution in [0.4, 0.5) is 32.0 Å². The lowest BCUT2D eigenvalue weighted by molar-refractivity contribution is -0.295. The normalized spacial score (nSPS) is 12.9. The molecule has 1 aromatic carbocycles. The zero-order valence-electron chi connectivity index (χ0n) is 11.4. The lowest BCUT2D eigenvalue weighted by Gasteiger charge is -2.39. The molecule has 0 bridgehead atoms. The maximum atomic E-state index is 13.2. The van der Waals surface area contributed by atoms with Crippen molar-refractivity contribution in [3.63, 3.8) is 0 Å². The molecule has 1 amide bonds. The highest BCUT2D eigenvalue weighted by atomic mass is 35.5. The van der Waals surface area contributed by atoms with E-state index in [1.165, 1.54) is 5.32 Å². The predicted octanol–water partition coefficient (Wildman–Crippen LogP) is 4.75. The Hall–Kier alpha value is -1.35. The molecule has 0 heterocycles. The Balaban J connectivity index is 3.42. The average molecular weight is 383 g/mol. The van der Waals surface area contributed by atoms with E-state index in [1.807, 2.05) is 0 Å². The van der Waals surface area contributed by atoms with Gasteiger partial charge in [-0.3, -0.25) is 4.79 Å². The first-order valence-corrected chi connectivity index (χ1v) is 6.77. The summed E-state index contributed by atoms with van der Waals surface area (Å²) in [5.74, 6) is -1.44. The molecule has 0 spiro atoms. The molecule has 0 aromatic heterocycles. The third-order valence-electron chi connectivity index (χ3n) is 2.75. The van der Waals surface area contributed by atoms with E-state index in [0.29, 0.717) is 0 Å². The summed E-state index contributed by atoms with van der Waals surface area (Å²) < 4.78 is 79.1. The van der Waals surface area contributed by atoms with Gasteiger partial charge in [0, 0.05) is 12.1 Å². The molecule has 0 aliphatic heterocycles. The van der Waals surface area contributed by atoms with Gasteiger partial charge in [0.1, 0.15) is 0 Å². The summed E-state index contributed by atoms with van der Waals surface area (Å²) >= 11 is 11.1. The molecule has 3 nitrogen and oxygen atoms in total. The van der Waals surface area contributed by atoms with Gasteiger partial charge in [-0.05, 0) is 18.2 Å². The Morgan fingerprint density at radius 2 is 1.57 bits per heavy atom. The molecule has 0 saturated heterocycles. The predicted molar refractivity (Wildman–Crippen MR) is 73.4 cm³/mol. The summed E-state index contributed by atoms with van der Waals surface area (Å²) in [6.45, 7) is 1.12. The molecule has 0 unspecified atom stereocenters. The fourth-order valence-electron chi connectivity index (χ4n) is 1.56. The minimum absolute atomic E-state index is 0.0561. The highest BCUT2D eigenvalue weighted by molar-refractivity contribution is 6.42. The minimum Gasteiger partial charge on any atom is -0.348 e. The Kier molecular flexibility index (Phi) is 5.69. The topological polar surface area (TPSA) is 41.1 Å². The van der Waals surface area contributed by atoms with Gasteiger partial charge in [-0.2, -0.15) is 26.3 Å². The lowest BCUT2D eigenvalue weighted by atomic mass is 10.1. The summed E-state index contributed by atoms with van der Waals surface area (Å²) in [7, 11) is 0. The van der Waals surface area contributed by atoms with E-state index < -0.39 is 36.0 Å². The fraction of sp³-hybridized carbons (Fsp3) is 0.417. The number of halogens is 8. The summed E-state index contributed by atoms with van der Waals surface area (Å²) in [4.78, 5) is 11.2. The first-order chi connectivity index (χ1) is 10.3. The molecular weight excluding hydrogens is 373 g/mol. The first kappa shape index (κ1) is 19.7. The molecule has 0 fully saturated rings. The van der Waals surface area contributed by atoms with Crippen LogP contribution in [-0.2, 0) is 4.79 Å². The second-order valence-electron chi connectivity index (χ2n) is 4.40. The molecule has 1 aromatic rings. The molecule has 1 rings (SSSR count). The highest BCUT2D eigenvalue weighted by Gasteiger charge is 2.72. The number of rotatable bonds is 4. The molecule has 23 heavy (non-hydrogen) atoms.